The van der Waals surface area contributed by atoms with Crippen LogP contribution in [0.1, 0.15) is 44.5 Å². The SMILES string of the molecule is Cc1nc(NCC2CC(F)(F)C2)nc(N[C@@H]2C[C@H](C(C)(C)O)[C@@H](O)[C@H]2O)c1-c1nc2c(C)nccc2s1. The van der Waals surface area contributed by atoms with Crippen molar-refractivity contribution < 1.29 is 24.1 Å². The van der Waals surface area contributed by atoms with Crippen LogP contribution in [-0.4, -0.2) is 71.6 Å². The minimum absolute atomic E-state index is 0.158. The standard InChI is InChI=1S/C25H32F2N6O3S/c1-11-17(22-32-18-12(2)28-6-5-16(18)37-22)21(31-15-7-14(24(3,4)36)19(34)20(15)35)33-23(30-11)29-10-13-8-25(26,27)9-13/h5-6,13-15,19-20,34-36H,7-10H2,1-4H3,(H2,29,30,31,33)/t14-,15+,19+,20-/m0/s1. The van der Waals surface area contributed by atoms with Crippen molar-refractivity contribution in [1.29, 1.82) is 0 Å². The van der Waals surface area contributed by atoms with Gasteiger partial charge in [-0.2, -0.15) is 4.98 Å². The van der Waals surface area contributed by atoms with Crippen molar-refractivity contribution in [2.24, 2.45) is 11.8 Å². The lowest BCUT2D eigenvalue weighted by atomic mass is 9.81. The predicted octanol–water partition coefficient (Wildman–Crippen LogP) is 3.52. The summed E-state index contributed by atoms with van der Waals surface area (Å²) in [6.45, 7) is 7.25. The van der Waals surface area contributed by atoms with Crippen LogP contribution in [0.3, 0.4) is 0 Å². The number of hydrogen-bond acceptors (Lipinski definition) is 10. The number of aryl methyl sites for hydroxylation is 2. The molecule has 3 heterocycles. The first kappa shape index (κ1) is 26.1. The molecular weight excluding hydrogens is 502 g/mol. The number of nitrogens with one attached hydrogen (secondary N) is 2. The third kappa shape index (κ3) is 5.12. The average Bonchev–Trinajstić information content (AvgIpc) is 3.33. The van der Waals surface area contributed by atoms with Crippen molar-refractivity contribution in [2.75, 3.05) is 17.2 Å². The predicted molar refractivity (Wildman–Crippen MR) is 138 cm³/mol. The van der Waals surface area contributed by atoms with Gasteiger partial charge in [0, 0.05) is 31.5 Å². The Hall–Kier alpha value is -2.54. The van der Waals surface area contributed by atoms with Crippen molar-refractivity contribution in [3.8, 4) is 10.6 Å². The molecule has 3 aromatic rings. The van der Waals surface area contributed by atoms with E-state index in [1.165, 1.54) is 11.3 Å². The second-order valence-electron chi connectivity index (χ2n) is 10.9. The number of nitrogens with zero attached hydrogens (tertiary/aromatic N) is 4. The summed E-state index contributed by atoms with van der Waals surface area (Å²) in [7, 11) is 0. The van der Waals surface area contributed by atoms with E-state index in [1.54, 1.807) is 20.0 Å². The summed E-state index contributed by atoms with van der Waals surface area (Å²) in [6.07, 6.45) is -0.520. The molecule has 2 fully saturated rings. The number of hydrogen-bond donors (Lipinski definition) is 5. The Labute approximate surface area is 217 Å². The number of alkyl halides is 2. The van der Waals surface area contributed by atoms with Crippen LogP contribution in [0.25, 0.3) is 20.8 Å². The fourth-order valence-corrected chi connectivity index (χ4v) is 6.43. The van der Waals surface area contributed by atoms with E-state index in [0.29, 0.717) is 35.0 Å². The van der Waals surface area contributed by atoms with Crippen LogP contribution in [0.4, 0.5) is 20.5 Å². The molecule has 0 aromatic carbocycles. The summed E-state index contributed by atoms with van der Waals surface area (Å²) in [4.78, 5) is 18.3. The van der Waals surface area contributed by atoms with Crippen LogP contribution in [0.2, 0.25) is 0 Å². The first-order chi connectivity index (χ1) is 17.3. The number of halogens is 2. The smallest absolute Gasteiger partial charge is 0.248 e. The maximum absolute atomic E-state index is 13.3. The highest BCUT2D eigenvalue weighted by Gasteiger charge is 2.48. The summed E-state index contributed by atoms with van der Waals surface area (Å²) < 4.78 is 27.5. The highest BCUT2D eigenvalue weighted by molar-refractivity contribution is 7.21. The third-order valence-corrected chi connectivity index (χ3v) is 8.47. The summed E-state index contributed by atoms with van der Waals surface area (Å²) in [5, 5.41) is 38.9. The molecular formula is C25H32F2N6O3S. The van der Waals surface area contributed by atoms with Gasteiger partial charge in [-0.05, 0) is 46.1 Å². The van der Waals surface area contributed by atoms with Crippen LogP contribution in [0, 0.1) is 25.7 Å². The van der Waals surface area contributed by atoms with Crippen molar-refractivity contribution >= 4 is 33.3 Å². The molecule has 12 heteroatoms. The number of anilines is 2. The summed E-state index contributed by atoms with van der Waals surface area (Å²) in [6, 6.07) is 1.30. The molecule has 0 unspecified atom stereocenters. The van der Waals surface area contributed by atoms with E-state index in [0.717, 1.165) is 15.9 Å². The van der Waals surface area contributed by atoms with Gasteiger partial charge in [0.2, 0.25) is 11.9 Å². The molecule has 9 nitrogen and oxygen atoms in total. The quantitative estimate of drug-likeness (QED) is 0.308. The van der Waals surface area contributed by atoms with Gasteiger partial charge < -0.3 is 26.0 Å². The zero-order chi connectivity index (χ0) is 26.7. The topological polar surface area (TPSA) is 136 Å². The molecule has 5 N–H and O–H groups in total. The number of fused-ring (bicyclic) bond motifs is 1. The molecule has 0 saturated heterocycles. The van der Waals surface area contributed by atoms with Gasteiger partial charge in [-0.1, -0.05) is 0 Å². The monoisotopic (exact) mass is 534 g/mol. The van der Waals surface area contributed by atoms with Gasteiger partial charge in [-0.25, -0.2) is 18.7 Å². The minimum Gasteiger partial charge on any atom is -0.390 e. The lowest BCUT2D eigenvalue weighted by molar-refractivity contribution is -0.106. The molecule has 200 valence electrons. The van der Waals surface area contributed by atoms with E-state index >= 15 is 0 Å². The van der Waals surface area contributed by atoms with Crippen molar-refractivity contribution in [2.45, 2.75) is 76.7 Å². The van der Waals surface area contributed by atoms with Crippen LogP contribution in [0.15, 0.2) is 12.3 Å². The number of rotatable bonds is 7. The molecule has 2 saturated carbocycles. The molecule has 5 rings (SSSR count). The fraction of sp³-hybridized carbons (Fsp3) is 0.600. The van der Waals surface area contributed by atoms with Gasteiger partial charge >= 0.3 is 0 Å². The van der Waals surface area contributed by atoms with E-state index in [1.807, 2.05) is 19.9 Å². The molecule has 2 aliphatic carbocycles. The first-order valence-corrected chi connectivity index (χ1v) is 13.2. The summed E-state index contributed by atoms with van der Waals surface area (Å²) in [5.74, 6) is -2.61. The van der Waals surface area contributed by atoms with Crippen LogP contribution >= 0.6 is 11.3 Å². The Bertz CT molecular complexity index is 1310. The zero-order valence-corrected chi connectivity index (χ0v) is 22.0. The van der Waals surface area contributed by atoms with E-state index in [2.05, 4.69) is 25.6 Å². The lowest BCUT2D eigenvalue weighted by Crippen LogP contribution is -2.40. The van der Waals surface area contributed by atoms with Crippen LogP contribution in [-0.2, 0) is 0 Å². The Morgan fingerprint density at radius 3 is 2.46 bits per heavy atom. The fourth-order valence-electron chi connectivity index (χ4n) is 5.32. The minimum atomic E-state index is -2.60. The molecule has 37 heavy (non-hydrogen) atoms. The maximum Gasteiger partial charge on any atom is 0.248 e. The molecule has 4 atom stereocenters. The molecule has 3 aromatic heterocycles. The van der Waals surface area contributed by atoms with Crippen LogP contribution < -0.4 is 10.6 Å². The highest BCUT2D eigenvalue weighted by Crippen LogP contribution is 2.43. The average molecular weight is 535 g/mol. The molecule has 0 radical (unpaired) electrons. The normalized spacial score (nSPS) is 25.9. The molecule has 2 aliphatic rings. The summed E-state index contributed by atoms with van der Waals surface area (Å²) >= 11 is 1.47. The second-order valence-corrected chi connectivity index (χ2v) is 11.9. The largest absolute Gasteiger partial charge is 0.390 e. The van der Waals surface area contributed by atoms with Crippen molar-refractivity contribution in [1.82, 2.24) is 19.9 Å². The number of pyridine rings is 1. The van der Waals surface area contributed by atoms with Gasteiger partial charge in [-0.3, -0.25) is 4.98 Å². The number of aromatic nitrogens is 4. The van der Waals surface area contributed by atoms with E-state index in [9.17, 15) is 24.1 Å². The van der Waals surface area contributed by atoms with Gasteiger partial charge in [0.05, 0.1) is 39.4 Å². The molecule has 0 spiro atoms. The van der Waals surface area contributed by atoms with E-state index in [-0.39, 0.29) is 24.7 Å². The molecule has 0 amide bonds. The number of aliphatic hydroxyl groups excluding tert-OH is 2. The lowest BCUT2D eigenvalue weighted by Gasteiger charge is -2.34. The Balaban J connectivity index is 1.49. The maximum atomic E-state index is 13.3. The summed E-state index contributed by atoms with van der Waals surface area (Å²) in [5.41, 5.74) is 1.66. The van der Waals surface area contributed by atoms with Gasteiger partial charge in [0.15, 0.2) is 0 Å². The molecule has 0 aliphatic heterocycles. The van der Waals surface area contributed by atoms with Crippen LogP contribution in [0.5, 0.6) is 0 Å². The van der Waals surface area contributed by atoms with Crippen molar-refractivity contribution in [3.05, 3.63) is 23.7 Å². The molecule has 0 bridgehead atoms. The van der Waals surface area contributed by atoms with E-state index in [4.69, 9.17) is 4.98 Å². The Morgan fingerprint density at radius 1 is 1.11 bits per heavy atom. The first-order valence-electron chi connectivity index (χ1n) is 12.4. The second kappa shape index (κ2) is 9.33. The number of aliphatic hydroxyl groups is 3. The van der Waals surface area contributed by atoms with Gasteiger partial charge in [-0.15, -0.1) is 11.3 Å². The van der Waals surface area contributed by atoms with Gasteiger partial charge in [0.25, 0.3) is 0 Å². The zero-order valence-electron chi connectivity index (χ0n) is 21.2. The highest BCUT2D eigenvalue weighted by atomic mass is 32.1. The third-order valence-electron chi connectivity index (χ3n) is 7.43. The Morgan fingerprint density at radius 2 is 1.84 bits per heavy atom. The Kier molecular flexibility index (Phi) is 6.58. The van der Waals surface area contributed by atoms with E-state index < -0.39 is 35.7 Å². The van der Waals surface area contributed by atoms with Crippen molar-refractivity contribution in [3.63, 3.8) is 0 Å². The number of thiazole rings is 1. The van der Waals surface area contributed by atoms with Gasteiger partial charge in [0.1, 0.15) is 22.4 Å².